The fourth-order valence-corrected chi connectivity index (χ4v) is 5.68. The van der Waals surface area contributed by atoms with E-state index in [1.807, 2.05) is 0 Å². The zero-order valence-electron chi connectivity index (χ0n) is 16.6. The molecule has 2 heteroatoms. The molecule has 136 valence electrons. The van der Waals surface area contributed by atoms with Gasteiger partial charge in [-0.2, -0.15) is 0 Å². The van der Waals surface area contributed by atoms with Crippen molar-refractivity contribution < 1.29 is 9.53 Å². The Kier molecular flexibility index (Phi) is 5.67. The number of hydrogen-bond donors (Lipinski definition) is 0. The van der Waals surface area contributed by atoms with Crippen molar-refractivity contribution in [3.05, 3.63) is 23.8 Å². The molecule has 2 aliphatic rings. The molecule has 0 aliphatic heterocycles. The molecule has 0 spiro atoms. The lowest BCUT2D eigenvalue weighted by Gasteiger charge is -2.57. The molecule has 0 aromatic carbocycles. The molecule has 2 nitrogen and oxygen atoms in total. The lowest BCUT2D eigenvalue weighted by atomic mass is 9.49. The maximum atomic E-state index is 11.7. The van der Waals surface area contributed by atoms with Crippen LogP contribution in [-0.2, 0) is 9.53 Å². The Balaban J connectivity index is 2.40. The van der Waals surface area contributed by atoms with Crippen molar-refractivity contribution in [3.63, 3.8) is 0 Å². The number of carbonyl (C=O) groups is 1. The summed E-state index contributed by atoms with van der Waals surface area (Å²) in [5.74, 6) is 0.829. The van der Waals surface area contributed by atoms with Crippen LogP contribution in [0.1, 0.15) is 80.1 Å². The minimum absolute atomic E-state index is 0.0309. The van der Waals surface area contributed by atoms with Crippen LogP contribution in [-0.4, -0.2) is 12.1 Å². The summed E-state index contributed by atoms with van der Waals surface area (Å²) in [4.78, 5) is 11.7. The molecule has 0 radical (unpaired) electrons. The summed E-state index contributed by atoms with van der Waals surface area (Å²) in [5.41, 5.74) is 3.46. The quantitative estimate of drug-likeness (QED) is 0.451. The van der Waals surface area contributed by atoms with Crippen molar-refractivity contribution in [2.75, 3.05) is 0 Å². The van der Waals surface area contributed by atoms with Crippen molar-refractivity contribution in [2.24, 2.45) is 22.7 Å². The number of hydrogen-bond acceptors (Lipinski definition) is 2. The number of allylic oxidation sites excluding steroid dienone is 2. The standard InChI is InChI=1S/C22H36O2/c1-8-15(2)10-11-18-16(3)14-19(24-17(4)23)20-21(5,6)12-9-13-22(18,20)7/h8,15,19-20H,1,9-14H2,2-7H3. The maximum absolute atomic E-state index is 11.7. The minimum Gasteiger partial charge on any atom is -0.462 e. The first-order chi connectivity index (χ1) is 11.1. The Bertz CT molecular complexity index is 528. The van der Waals surface area contributed by atoms with Crippen molar-refractivity contribution in [1.82, 2.24) is 0 Å². The zero-order chi connectivity index (χ0) is 18.1. The Hall–Kier alpha value is -1.05. The molecule has 0 N–H and O–H groups in total. The highest BCUT2D eigenvalue weighted by Crippen LogP contribution is 2.61. The molecule has 0 bridgehead atoms. The van der Waals surface area contributed by atoms with Gasteiger partial charge in [-0.15, -0.1) is 6.58 Å². The SMILES string of the molecule is C=CC(C)CCC1=C(C)CC(OC(C)=O)C2C(C)(C)CCCC12C. The van der Waals surface area contributed by atoms with Crippen LogP contribution in [0.3, 0.4) is 0 Å². The van der Waals surface area contributed by atoms with E-state index in [0.29, 0.717) is 11.8 Å². The minimum atomic E-state index is -0.139. The Labute approximate surface area is 148 Å². The Morgan fingerprint density at radius 3 is 2.62 bits per heavy atom. The predicted octanol–water partition coefficient (Wildman–Crippen LogP) is 6.07. The molecule has 4 atom stereocenters. The van der Waals surface area contributed by atoms with Gasteiger partial charge in [-0.3, -0.25) is 4.79 Å². The van der Waals surface area contributed by atoms with E-state index >= 15 is 0 Å². The number of fused-ring (bicyclic) bond motifs is 1. The largest absolute Gasteiger partial charge is 0.462 e. The fourth-order valence-electron chi connectivity index (χ4n) is 5.68. The van der Waals surface area contributed by atoms with Crippen LogP contribution in [0.4, 0.5) is 0 Å². The van der Waals surface area contributed by atoms with Gasteiger partial charge in [-0.25, -0.2) is 0 Å². The summed E-state index contributed by atoms with van der Waals surface area (Å²) in [5, 5.41) is 0. The zero-order valence-corrected chi connectivity index (χ0v) is 16.6. The van der Waals surface area contributed by atoms with Gasteiger partial charge in [0.05, 0.1) is 0 Å². The summed E-state index contributed by atoms with van der Waals surface area (Å²) < 4.78 is 5.84. The van der Waals surface area contributed by atoms with E-state index in [9.17, 15) is 4.79 Å². The van der Waals surface area contributed by atoms with Crippen LogP contribution in [0, 0.1) is 22.7 Å². The van der Waals surface area contributed by atoms with Crippen molar-refractivity contribution in [3.8, 4) is 0 Å². The first-order valence-corrected chi connectivity index (χ1v) is 9.60. The summed E-state index contributed by atoms with van der Waals surface area (Å²) in [6.45, 7) is 17.2. The monoisotopic (exact) mass is 332 g/mol. The van der Waals surface area contributed by atoms with Crippen LogP contribution in [0.15, 0.2) is 23.8 Å². The van der Waals surface area contributed by atoms with Crippen LogP contribution >= 0.6 is 0 Å². The van der Waals surface area contributed by atoms with Crippen LogP contribution in [0.5, 0.6) is 0 Å². The van der Waals surface area contributed by atoms with Gasteiger partial charge in [0.2, 0.25) is 0 Å². The summed E-state index contributed by atoms with van der Waals surface area (Å²) in [6.07, 6.45) is 9.01. The van der Waals surface area contributed by atoms with E-state index in [-0.39, 0.29) is 22.9 Å². The average molecular weight is 333 g/mol. The summed E-state index contributed by atoms with van der Waals surface area (Å²) in [6, 6.07) is 0. The van der Waals surface area contributed by atoms with Gasteiger partial charge in [0, 0.05) is 19.3 Å². The molecule has 0 aromatic rings. The highest BCUT2D eigenvalue weighted by atomic mass is 16.5. The normalized spacial score (nSPS) is 33.6. The van der Waals surface area contributed by atoms with E-state index in [4.69, 9.17) is 4.74 Å². The molecule has 24 heavy (non-hydrogen) atoms. The predicted molar refractivity (Wildman–Crippen MR) is 101 cm³/mol. The van der Waals surface area contributed by atoms with Crippen LogP contribution in [0.25, 0.3) is 0 Å². The highest BCUT2D eigenvalue weighted by molar-refractivity contribution is 5.66. The van der Waals surface area contributed by atoms with Gasteiger partial charge in [0.1, 0.15) is 6.10 Å². The molecular formula is C22H36O2. The van der Waals surface area contributed by atoms with Crippen molar-refractivity contribution in [2.45, 2.75) is 86.2 Å². The molecule has 0 heterocycles. The Morgan fingerprint density at radius 2 is 2.04 bits per heavy atom. The van der Waals surface area contributed by atoms with Gasteiger partial charge in [0.25, 0.3) is 0 Å². The summed E-state index contributed by atoms with van der Waals surface area (Å²) >= 11 is 0. The number of carbonyl (C=O) groups excluding carboxylic acids is 1. The summed E-state index contributed by atoms with van der Waals surface area (Å²) in [7, 11) is 0. The van der Waals surface area contributed by atoms with E-state index in [2.05, 4.69) is 47.3 Å². The molecular weight excluding hydrogens is 296 g/mol. The third-order valence-electron chi connectivity index (χ3n) is 6.70. The first-order valence-electron chi connectivity index (χ1n) is 9.60. The van der Waals surface area contributed by atoms with E-state index in [1.165, 1.54) is 24.8 Å². The topological polar surface area (TPSA) is 26.3 Å². The second kappa shape index (κ2) is 7.06. The first kappa shape index (κ1) is 19.3. The van der Waals surface area contributed by atoms with Crippen molar-refractivity contribution in [1.29, 1.82) is 0 Å². The number of rotatable bonds is 5. The molecule has 4 unspecified atom stereocenters. The smallest absolute Gasteiger partial charge is 0.302 e. The molecule has 0 saturated heterocycles. The number of ether oxygens (including phenoxy) is 1. The van der Waals surface area contributed by atoms with Crippen LogP contribution < -0.4 is 0 Å². The third kappa shape index (κ3) is 3.63. The molecule has 2 rings (SSSR count). The van der Waals surface area contributed by atoms with E-state index in [1.54, 1.807) is 12.5 Å². The second-order valence-corrected chi connectivity index (χ2v) is 9.10. The molecule has 1 fully saturated rings. The van der Waals surface area contributed by atoms with Crippen molar-refractivity contribution >= 4 is 5.97 Å². The lowest BCUT2D eigenvalue weighted by Crippen LogP contribution is -2.53. The highest BCUT2D eigenvalue weighted by Gasteiger charge is 2.55. The third-order valence-corrected chi connectivity index (χ3v) is 6.70. The average Bonchev–Trinajstić information content (AvgIpc) is 2.44. The Morgan fingerprint density at radius 1 is 1.38 bits per heavy atom. The van der Waals surface area contributed by atoms with Gasteiger partial charge in [0.15, 0.2) is 0 Å². The van der Waals surface area contributed by atoms with Gasteiger partial charge in [-0.1, -0.05) is 51.3 Å². The van der Waals surface area contributed by atoms with Gasteiger partial charge >= 0.3 is 5.97 Å². The van der Waals surface area contributed by atoms with E-state index in [0.717, 1.165) is 19.3 Å². The lowest BCUT2D eigenvalue weighted by molar-refractivity contribution is -0.160. The maximum Gasteiger partial charge on any atom is 0.302 e. The molecule has 0 aromatic heterocycles. The fraction of sp³-hybridized carbons (Fsp3) is 0.773. The molecule has 2 aliphatic carbocycles. The van der Waals surface area contributed by atoms with Gasteiger partial charge in [-0.05, 0) is 49.4 Å². The molecule has 0 amide bonds. The second-order valence-electron chi connectivity index (χ2n) is 9.10. The van der Waals surface area contributed by atoms with Gasteiger partial charge < -0.3 is 4.74 Å². The number of esters is 1. The van der Waals surface area contributed by atoms with E-state index < -0.39 is 0 Å². The molecule has 1 saturated carbocycles. The van der Waals surface area contributed by atoms with Crippen LogP contribution in [0.2, 0.25) is 0 Å².